The molecule has 0 aromatic carbocycles. The van der Waals surface area contributed by atoms with Crippen molar-refractivity contribution >= 4 is 47.2 Å². The fourth-order valence-electron chi connectivity index (χ4n) is 3.43. The van der Waals surface area contributed by atoms with Gasteiger partial charge in [0.1, 0.15) is 0 Å². The molecule has 2 rings (SSSR count). The molecule has 2 heterocycles. The van der Waals surface area contributed by atoms with E-state index in [2.05, 4.69) is 46.9 Å². The van der Waals surface area contributed by atoms with Crippen LogP contribution in [0.1, 0.15) is 38.0 Å². The minimum Gasteiger partial charge on any atom is -0.369 e. The van der Waals surface area contributed by atoms with Crippen molar-refractivity contribution in [1.82, 2.24) is 15.5 Å². The van der Waals surface area contributed by atoms with Crippen LogP contribution in [0.15, 0.2) is 22.5 Å². The molecule has 28 heavy (non-hydrogen) atoms. The van der Waals surface area contributed by atoms with Gasteiger partial charge in [0.15, 0.2) is 5.96 Å². The summed E-state index contributed by atoms with van der Waals surface area (Å²) in [4.78, 5) is 19.9. The quantitative estimate of drug-likeness (QED) is 0.191. The van der Waals surface area contributed by atoms with Crippen LogP contribution in [0.5, 0.6) is 0 Å². The monoisotopic (exact) mass is 521 g/mol. The van der Waals surface area contributed by atoms with Crippen LogP contribution in [0.4, 0.5) is 0 Å². The average Bonchev–Trinajstić information content (AvgIpc) is 3.16. The van der Waals surface area contributed by atoms with Gasteiger partial charge in [-0.3, -0.25) is 9.79 Å². The highest BCUT2D eigenvalue weighted by Gasteiger charge is 2.23. The van der Waals surface area contributed by atoms with Crippen molar-refractivity contribution in [3.05, 3.63) is 22.4 Å². The summed E-state index contributed by atoms with van der Waals surface area (Å²) in [5, 5.41) is 8.89. The second-order valence-electron chi connectivity index (χ2n) is 7.43. The van der Waals surface area contributed by atoms with Crippen LogP contribution >= 0.6 is 35.3 Å². The molecule has 0 bridgehead atoms. The zero-order chi connectivity index (χ0) is 19.5. The Morgan fingerprint density at radius 3 is 2.96 bits per heavy atom. The molecule has 1 aromatic rings. The Bertz CT molecular complexity index is 581. The number of carbonyl (C=O) groups excluding carboxylic acids is 1. The van der Waals surface area contributed by atoms with Crippen molar-refractivity contribution in [1.29, 1.82) is 0 Å². The smallest absolute Gasteiger partial charge is 0.221 e. The molecule has 8 heteroatoms. The summed E-state index contributed by atoms with van der Waals surface area (Å²) in [6.07, 6.45) is 4.11. The van der Waals surface area contributed by atoms with Crippen LogP contribution < -0.4 is 16.4 Å². The number of thiophene rings is 1. The fourth-order valence-corrected chi connectivity index (χ4v) is 4.30. The third-order valence-corrected chi connectivity index (χ3v) is 5.79. The third kappa shape index (κ3) is 9.56. The summed E-state index contributed by atoms with van der Waals surface area (Å²) in [6, 6.07) is 4.30. The summed E-state index contributed by atoms with van der Waals surface area (Å²) >= 11 is 1.81. The Balaban J connectivity index is 0.00000392. The first kappa shape index (κ1) is 25.2. The maximum Gasteiger partial charge on any atom is 0.221 e. The summed E-state index contributed by atoms with van der Waals surface area (Å²) in [5.41, 5.74) is 5.46. The minimum absolute atomic E-state index is 0. The number of nitrogens with one attached hydrogen (secondary N) is 2. The van der Waals surface area contributed by atoms with Gasteiger partial charge in [0.2, 0.25) is 5.91 Å². The molecule has 0 aliphatic carbocycles. The predicted octanol–water partition coefficient (Wildman–Crippen LogP) is 2.69. The molecule has 2 unspecified atom stereocenters. The van der Waals surface area contributed by atoms with E-state index in [4.69, 9.17) is 10.7 Å². The first-order chi connectivity index (χ1) is 13.1. The zero-order valence-electron chi connectivity index (χ0n) is 17.2. The molecule has 6 nitrogen and oxygen atoms in total. The number of primary amides is 1. The number of aliphatic imine (C=N–C) groups is 1. The van der Waals surface area contributed by atoms with Gasteiger partial charge in [0.25, 0.3) is 0 Å². The van der Waals surface area contributed by atoms with E-state index in [0.717, 1.165) is 70.9 Å². The lowest BCUT2D eigenvalue weighted by Crippen LogP contribution is -2.43. The lowest BCUT2D eigenvalue weighted by molar-refractivity contribution is -0.123. The number of nitrogens with two attached hydrogens (primary N) is 1. The minimum atomic E-state index is -0.156. The van der Waals surface area contributed by atoms with Gasteiger partial charge in [-0.15, -0.1) is 35.3 Å². The van der Waals surface area contributed by atoms with Crippen LogP contribution in [0, 0.1) is 11.8 Å². The topological polar surface area (TPSA) is 82.8 Å². The maximum absolute atomic E-state index is 11.4. The molecule has 1 saturated heterocycles. The van der Waals surface area contributed by atoms with E-state index < -0.39 is 0 Å². The third-order valence-electron chi connectivity index (χ3n) is 4.89. The highest BCUT2D eigenvalue weighted by atomic mass is 127. The molecular weight excluding hydrogens is 485 g/mol. The second kappa shape index (κ2) is 14.2. The van der Waals surface area contributed by atoms with E-state index in [0.29, 0.717) is 5.92 Å². The largest absolute Gasteiger partial charge is 0.369 e. The number of halogens is 1. The van der Waals surface area contributed by atoms with Gasteiger partial charge in [-0.2, -0.15) is 0 Å². The number of hydrogen-bond acceptors (Lipinski definition) is 4. The van der Waals surface area contributed by atoms with Gasteiger partial charge >= 0.3 is 0 Å². The highest BCUT2D eigenvalue weighted by molar-refractivity contribution is 14.0. The molecule has 160 valence electrons. The van der Waals surface area contributed by atoms with Crippen LogP contribution in [0.3, 0.4) is 0 Å². The SMILES string of the molecule is CCNC(=NCC(C)Cc1cccs1)NCCCN1CCCC(C(N)=O)C1.I. The first-order valence-electron chi connectivity index (χ1n) is 10.1. The van der Waals surface area contributed by atoms with E-state index in [1.165, 1.54) is 4.88 Å². The number of hydrogen-bond donors (Lipinski definition) is 3. The number of likely N-dealkylation sites (tertiary alicyclic amines) is 1. The molecular formula is C20H36IN5OS. The van der Waals surface area contributed by atoms with Gasteiger partial charge in [-0.05, 0) is 63.1 Å². The number of rotatable bonds is 10. The number of piperidine rings is 1. The van der Waals surface area contributed by atoms with Gasteiger partial charge in [0.05, 0.1) is 5.92 Å². The Morgan fingerprint density at radius 1 is 1.46 bits per heavy atom. The molecule has 1 aromatic heterocycles. The number of amides is 1. The molecule has 4 N–H and O–H groups in total. The van der Waals surface area contributed by atoms with E-state index in [1.54, 1.807) is 0 Å². The van der Waals surface area contributed by atoms with Crippen molar-refractivity contribution in [2.75, 3.05) is 39.3 Å². The predicted molar refractivity (Wildman–Crippen MR) is 130 cm³/mol. The number of guanidine groups is 1. The molecule has 1 fully saturated rings. The van der Waals surface area contributed by atoms with Crippen LogP contribution in [-0.4, -0.2) is 56.0 Å². The van der Waals surface area contributed by atoms with Crippen LogP contribution in [0.2, 0.25) is 0 Å². The molecule has 1 aliphatic rings. The van der Waals surface area contributed by atoms with Crippen LogP contribution in [0.25, 0.3) is 0 Å². The fraction of sp³-hybridized carbons (Fsp3) is 0.700. The lowest BCUT2D eigenvalue weighted by Gasteiger charge is -2.31. The Morgan fingerprint density at radius 2 is 2.29 bits per heavy atom. The molecule has 1 aliphatic heterocycles. The van der Waals surface area contributed by atoms with Gasteiger partial charge in [-0.1, -0.05) is 13.0 Å². The summed E-state index contributed by atoms with van der Waals surface area (Å²) in [7, 11) is 0. The van der Waals surface area contributed by atoms with Gasteiger partial charge in [-0.25, -0.2) is 0 Å². The Kier molecular flexibility index (Phi) is 12.7. The van der Waals surface area contributed by atoms with E-state index in [9.17, 15) is 4.79 Å². The average molecular weight is 522 g/mol. The standard InChI is InChI=1S/C20H35N5OS.HI/c1-3-22-20(24-14-16(2)13-18-8-5-12-27-18)23-9-6-11-25-10-4-7-17(15-25)19(21)26;/h5,8,12,16-17H,3-4,6-7,9-11,13-15H2,1-2H3,(H2,21,26)(H2,22,23,24);1H. The molecule has 1 amide bonds. The Labute approximate surface area is 190 Å². The lowest BCUT2D eigenvalue weighted by atomic mass is 9.97. The second-order valence-corrected chi connectivity index (χ2v) is 8.46. The highest BCUT2D eigenvalue weighted by Crippen LogP contribution is 2.16. The Hall–Kier alpha value is -0.870. The summed E-state index contributed by atoms with van der Waals surface area (Å²) < 4.78 is 0. The molecule has 0 saturated carbocycles. The van der Waals surface area contributed by atoms with Crippen molar-refractivity contribution in [3.63, 3.8) is 0 Å². The van der Waals surface area contributed by atoms with Gasteiger partial charge in [0, 0.05) is 31.1 Å². The van der Waals surface area contributed by atoms with E-state index in [-0.39, 0.29) is 35.8 Å². The first-order valence-corrected chi connectivity index (χ1v) is 11.0. The van der Waals surface area contributed by atoms with Crippen molar-refractivity contribution in [3.8, 4) is 0 Å². The molecule has 0 spiro atoms. The van der Waals surface area contributed by atoms with E-state index in [1.807, 2.05) is 11.3 Å². The zero-order valence-corrected chi connectivity index (χ0v) is 20.3. The normalized spacial score (nSPS) is 18.9. The van der Waals surface area contributed by atoms with Crippen molar-refractivity contribution in [2.24, 2.45) is 22.6 Å². The number of nitrogens with zero attached hydrogens (tertiary/aromatic N) is 2. The van der Waals surface area contributed by atoms with Crippen LogP contribution in [-0.2, 0) is 11.2 Å². The number of carbonyl (C=O) groups is 1. The summed E-state index contributed by atoms with van der Waals surface area (Å²) in [5.74, 6) is 1.29. The van der Waals surface area contributed by atoms with Crippen molar-refractivity contribution in [2.45, 2.75) is 39.5 Å². The van der Waals surface area contributed by atoms with Gasteiger partial charge < -0.3 is 21.3 Å². The molecule has 2 atom stereocenters. The molecule has 0 radical (unpaired) electrons. The maximum atomic E-state index is 11.4. The van der Waals surface area contributed by atoms with Crippen molar-refractivity contribution < 1.29 is 4.79 Å². The summed E-state index contributed by atoms with van der Waals surface area (Å²) in [6.45, 7) is 9.76. The van der Waals surface area contributed by atoms with E-state index >= 15 is 0 Å².